The number of carbonyl (C=O) groups is 1. The summed E-state index contributed by atoms with van der Waals surface area (Å²) in [6.07, 6.45) is 3.18. The Morgan fingerprint density at radius 2 is 2.00 bits per heavy atom. The molecule has 108 valence electrons. The molecule has 21 heavy (non-hydrogen) atoms. The summed E-state index contributed by atoms with van der Waals surface area (Å²) < 4.78 is 2.19. The minimum absolute atomic E-state index is 0.330. The van der Waals surface area contributed by atoms with Gasteiger partial charge in [0.1, 0.15) is 5.69 Å². The third kappa shape index (κ3) is 4.37. The third-order valence-corrected chi connectivity index (χ3v) is 4.29. The first kappa shape index (κ1) is 16.1. The maximum Gasteiger partial charge on any atom is 0.289 e. The van der Waals surface area contributed by atoms with Crippen LogP contribution in [0.15, 0.2) is 41.6 Å². The number of hydrazone groups is 1. The van der Waals surface area contributed by atoms with E-state index in [4.69, 9.17) is 0 Å². The summed E-state index contributed by atoms with van der Waals surface area (Å²) in [5, 5.41) is 7.11. The molecule has 0 saturated heterocycles. The molecule has 0 fully saturated rings. The van der Waals surface area contributed by atoms with Crippen LogP contribution in [0, 0.1) is 7.14 Å². The van der Waals surface area contributed by atoms with E-state index in [-0.39, 0.29) is 5.91 Å². The quantitative estimate of drug-likeness (QED) is 0.381. The highest BCUT2D eigenvalue weighted by molar-refractivity contribution is 14.1. The molecule has 0 bridgehead atoms. The molecule has 2 rings (SSSR count). The molecule has 1 aromatic carbocycles. The average Bonchev–Trinajstić information content (AvgIpc) is 2.48. The van der Waals surface area contributed by atoms with Gasteiger partial charge in [-0.2, -0.15) is 5.10 Å². The predicted octanol–water partition coefficient (Wildman–Crippen LogP) is 3.10. The van der Waals surface area contributed by atoms with E-state index in [1.165, 1.54) is 0 Å². The Bertz CT molecular complexity index is 651. The van der Waals surface area contributed by atoms with Crippen LogP contribution in [-0.4, -0.2) is 24.2 Å². The van der Waals surface area contributed by atoms with Gasteiger partial charge in [-0.3, -0.25) is 9.78 Å². The fraction of sp³-hybridized carbons (Fsp3) is 0.0714. The molecule has 0 saturated carbocycles. The summed E-state index contributed by atoms with van der Waals surface area (Å²) >= 11 is 4.52. The Labute approximate surface area is 149 Å². The van der Waals surface area contributed by atoms with Gasteiger partial charge in [-0.15, -0.1) is 0 Å². The number of rotatable bonds is 4. The number of anilines is 1. The van der Waals surface area contributed by atoms with Gasteiger partial charge in [-0.05, 0) is 75.0 Å². The van der Waals surface area contributed by atoms with Crippen molar-refractivity contribution in [1.29, 1.82) is 0 Å². The normalized spacial score (nSPS) is 10.6. The Morgan fingerprint density at radius 1 is 1.29 bits per heavy atom. The van der Waals surface area contributed by atoms with E-state index in [1.54, 1.807) is 30.6 Å². The van der Waals surface area contributed by atoms with Crippen molar-refractivity contribution >= 4 is 63.0 Å². The number of aromatic nitrogens is 1. The number of carbonyl (C=O) groups excluding carboxylic acids is 1. The van der Waals surface area contributed by atoms with Crippen LogP contribution in [0.4, 0.5) is 5.69 Å². The molecule has 7 heteroatoms. The van der Waals surface area contributed by atoms with Crippen LogP contribution < -0.4 is 10.7 Å². The number of benzene rings is 1. The Morgan fingerprint density at radius 3 is 2.57 bits per heavy atom. The minimum atomic E-state index is -0.330. The van der Waals surface area contributed by atoms with Crippen LogP contribution in [0.5, 0.6) is 0 Å². The Kier molecular flexibility index (Phi) is 5.91. The minimum Gasteiger partial charge on any atom is -0.386 e. The van der Waals surface area contributed by atoms with Gasteiger partial charge in [0.15, 0.2) is 0 Å². The topological polar surface area (TPSA) is 66.4 Å². The second kappa shape index (κ2) is 7.69. The van der Waals surface area contributed by atoms with Crippen molar-refractivity contribution in [2.45, 2.75) is 0 Å². The molecule has 1 amide bonds. The summed E-state index contributed by atoms with van der Waals surface area (Å²) in [6, 6.07) is 9.13. The SMILES string of the molecule is CNc1c(I)cc(/C=N\NC(=O)c2ccccn2)cc1I. The van der Waals surface area contributed by atoms with Gasteiger partial charge in [0, 0.05) is 20.4 Å². The van der Waals surface area contributed by atoms with Crippen LogP contribution in [0.1, 0.15) is 16.1 Å². The van der Waals surface area contributed by atoms with Crippen LogP contribution in [0.2, 0.25) is 0 Å². The van der Waals surface area contributed by atoms with Gasteiger partial charge in [0.25, 0.3) is 5.91 Å². The zero-order valence-electron chi connectivity index (χ0n) is 11.1. The predicted molar refractivity (Wildman–Crippen MR) is 101 cm³/mol. The number of hydrogen-bond acceptors (Lipinski definition) is 4. The van der Waals surface area contributed by atoms with Crippen molar-refractivity contribution in [1.82, 2.24) is 10.4 Å². The summed E-state index contributed by atoms with van der Waals surface area (Å²) in [5.41, 5.74) is 4.81. The smallest absolute Gasteiger partial charge is 0.289 e. The number of nitrogens with one attached hydrogen (secondary N) is 2. The van der Waals surface area contributed by atoms with Crippen molar-refractivity contribution in [3.05, 3.63) is 54.9 Å². The fourth-order valence-electron chi connectivity index (χ4n) is 1.63. The molecule has 1 heterocycles. The fourth-order valence-corrected chi connectivity index (χ4v) is 3.98. The van der Waals surface area contributed by atoms with Crippen molar-refractivity contribution in [2.24, 2.45) is 5.10 Å². The molecule has 0 aliphatic rings. The van der Waals surface area contributed by atoms with Gasteiger partial charge in [-0.1, -0.05) is 6.07 Å². The molecular formula is C14H12I2N4O. The van der Waals surface area contributed by atoms with Gasteiger partial charge < -0.3 is 5.32 Å². The molecule has 0 radical (unpaired) electrons. The van der Waals surface area contributed by atoms with Gasteiger partial charge >= 0.3 is 0 Å². The molecular weight excluding hydrogens is 494 g/mol. The second-order valence-corrected chi connectivity index (χ2v) is 6.35. The highest BCUT2D eigenvalue weighted by Gasteiger charge is 2.06. The summed E-state index contributed by atoms with van der Waals surface area (Å²) in [4.78, 5) is 15.7. The first-order valence-electron chi connectivity index (χ1n) is 6.03. The summed E-state index contributed by atoms with van der Waals surface area (Å²) in [5.74, 6) is -0.330. The zero-order chi connectivity index (χ0) is 15.2. The monoisotopic (exact) mass is 506 g/mol. The van der Waals surface area contributed by atoms with Crippen LogP contribution in [0.3, 0.4) is 0 Å². The third-order valence-electron chi connectivity index (χ3n) is 2.59. The highest BCUT2D eigenvalue weighted by atomic mass is 127. The van der Waals surface area contributed by atoms with Crippen LogP contribution >= 0.6 is 45.2 Å². The maximum atomic E-state index is 11.8. The highest BCUT2D eigenvalue weighted by Crippen LogP contribution is 2.25. The van der Waals surface area contributed by atoms with E-state index in [0.717, 1.165) is 18.4 Å². The molecule has 0 atom stereocenters. The number of nitrogens with zero attached hydrogens (tertiary/aromatic N) is 2. The number of hydrogen-bond donors (Lipinski definition) is 2. The molecule has 2 N–H and O–H groups in total. The van der Waals surface area contributed by atoms with E-state index in [0.29, 0.717) is 5.69 Å². The molecule has 0 spiro atoms. The first-order valence-corrected chi connectivity index (χ1v) is 8.19. The summed E-state index contributed by atoms with van der Waals surface area (Å²) in [7, 11) is 1.89. The van der Waals surface area contributed by atoms with Crippen LogP contribution in [0.25, 0.3) is 0 Å². The zero-order valence-corrected chi connectivity index (χ0v) is 15.4. The maximum absolute atomic E-state index is 11.8. The van der Waals surface area contributed by atoms with E-state index < -0.39 is 0 Å². The number of amides is 1. The molecule has 0 aliphatic carbocycles. The Hall–Kier alpha value is -1.23. The lowest BCUT2D eigenvalue weighted by molar-refractivity contribution is 0.0950. The standard InChI is InChI=1S/C14H12I2N4O/c1-17-13-10(15)6-9(7-11(13)16)8-19-20-14(21)12-4-2-3-5-18-12/h2-8,17H,1H3,(H,20,21)/b19-8-. The van der Waals surface area contributed by atoms with Gasteiger partial charge in [0.05, 0.1) is 11.9 Å². The lowest BCUT2D eigenvalue weighted by atomic mass is 10.2. The van der Waals surface area contributed by atoms with E-state index in [2.05, 4.69) is 66.0 Å². The number of pyridine rings is 1. The van der Waals surface area contributed by atoms with Crippen molar-refractivity contribution < 1.29 is 4.79 Å². The van der Waals surface area contributed by atoms with Crippen LogP contribution in [-0.2, 0) is 0 Å². The molecule has 2 aromatic rings. The molecule has 5 nitrogen and oxygen atoms in total. The van der Waals surface area contributed by atoms with Gasteiger partial charge in [-0.25, -0.2) is 5.43 Å². The van der Waals surface area contributed by atoms with E-state index in [1.807, 2.05) is 19.2 Å². The first-order chi connectivity index (χ1) is 10.1. The van der Waals surface area contributed by atoms with E-state index in [9.17, 15) is 4.79 Å². The Balaban J connectivity index is 2.07. The lowest BCUT2D eigenvalue weighted by Gasteiger charge is -2.07. The van der Waals surface area contributed by atoms with E-state index >= 15 is 0 Å². The van der Waals surface area contributed by atoms with Crippen molar-refractivity contribution in [3.63, 3.8) is 0 Å². The number of halogens is 2. The molecule has 0 aliphatic heterocycles. The lowest BCUT2D eigenvalue weighted by Crippen LogP contribution is -2.18. The van der Waals surface area contributed by atoms with Crippen molar-refractivity contribution in [3.8, 4) is 0 Å². The molecule has 0 unspecified atom stereocenters. The van der Waals surface area contributed by atoms with Crippen molar-refractivity contribution in [2.75, 3.05) is 12.4 Å². The molecule has 1 aromatic heterocycles. The summed E-state index contributed by atoms with van der Waals surface area (Å²) in [6.45, 7) is 0. The average molecular weight is 506 g/mol. The second-order valence-electron chi connectivity index (χ2n) is 4.02. The van der Waals surface area contributed by atoms with Gasteiger partial charge in [0.2, 0.25) is 0 Å². The largest absolute Gasteiger partial charge is 0.386 e.